The van der Waals surface area contributed by atoms with Crippen LogP contribution < -0.4 is 20.1 Å². The zero-order valence-electron chi connectivity index (χ0n) is 18.1. The maximum atomic E-state index is 13.5. The summed E-state index contributed by atoms with van der Waals surface area (Å²) in [6.45, 7) is 6.17. The van der Waals surface area contributed by atoms with E-state index < -0.39 is 6.04 Å². The van der Waals surface area contributed by atoms with Crippen molar-refractivity contribution in [2.45, 2.75) is 26.8 Å². The number of carbonyl (C=O) groups excluding carboxylic acids is 1. The quantitative estimate of drug-likeness (QED) is 0.527. The number of anilines is 2. The average Bonchev–Trinajstić information content (AvgIpc) is 3.23. The molecule has 1 aliphatic heterocycles. The molecule has 10 heteroatoms. The lowest BCUT2D eigenvalue weighted by Gasteiger charge is -2.28. The molecular weight excluding hydrogens is 476 g/mol. The third-order valence-corrected chi connectivity index (χ3v) is 5.80. The molecule has 1 aliphatic rings. The van der Waals surface area contributed by atoms with Gasteiger partial charge in [0.2, 0.25) is 5.95 Å². The van der Waals surface area contributed by atoms with Gasteiger partial charge in [0.05, 0.1) is 23.8 Å². The van der Waals surface area contributed by atoms with E-state index in [2.05, 4.69) is 42.1 Å². The van der Waals surface area contributed by atoms with Crippen molar-refractivity contribution >= 4 is 33.5 Å². The number of aryl methyl sites for hydroxylation is 1. The van der Waals surface area contributed by atoms with E-state index >= 15 is 0 Å². The Morgan fingerprint density at radius 2 is 2.06 bits per heavy atom. The topological polar surface area (TPSA) is 103 Å². The molecule has 0 bridgehead atoms. The number of tetrazole rings is 1. The Balaban J connectivity index is 1.82. The standard InChI is InChI=1S/C22H23BrN6O3/c1-5-32-20-15(23)10-14(11-17(20)31-4)19-18(13(3)24-22-26-27-28-29(19)22)21(30)25-16-9-7-6-8-12(16)2/h6-11,19H,5H2,1-4H3,(H,25,30)(H,24,26,28). The Labute approximate surface area is 193 Å². The lowest BCUT2D eigenvalue weighted by Crippen LogP contribution is -2.31. The molecule has 2 heterocycles. The van der Waals surface area contributed by atoms with E-state index in [1.165, 1.54) is 0 Å². The van der Waals surface area contributed by atoms with Crippen molar-refractivity contribution in [2.24, 2.45) is 0 Å². The summed E-state index contributed by atoms with van der Waals surface area (Å²) in [7, 11) is 1.58. The van der Waals surface area contributed by atoms with E-state index in [0.29, 0.717) is 39.8 Å². The number of benzene rings is 2. The Bertz CT molecular complexity index is 1210. The zero-order valence-corrected chi connectivity index (χ0v) is 19.7. The molecular formula is C22H23BrN6O3. The SMILES string of the molecule is CCOc1c(Br)cc(C2C(C(=O)Nc3ccccc3C)=C(C)Nc3nnnn32)cc1OC. The highest BCUT2D eigenvalue weighted by atomic mass is 79.9. The summed E-state index contributed by atoms with van der Waals surface area (Å²) in [5.74, 6) is 1.33. The minimum absolute atomic E-state index is 0.251. The van der Waals surface area contributed by atoms with Gasteiger partial charge in [0.15, 0.2) is 11.5 Å². The second-order valence-electron chi connectivity index (χ2n) is 7.25. The number of rotatable bonds is 6. The summed E-state index contributed by atoms with van der Waals surface area (Å²) in [5, 5.41) is 18.1. The molecule has 0 saturated carbocycles. The van der Waals surface area contributed by atoms with Crippen LogP contribution in [0.3, 0.4) is 0 Å². The van der Waals surface area contributed by atoms with Gasteiger partial charge in [-0.2, -0.15) is 4.68 Å². The van der Waals surface area contributed by atoms with E-state index in [1.54, 1.807) is 11.8 Å². The molecule has 3 aromatic rings. The monoisotopic (exact) mass is 498 g/mol. The molecule has 0 saturated heterocycles. The fourth-order valence-electron chi connectivity index (χ4n) is 3.70. The van der Waals surface area contributed by atoms with Crippen molar-refractivity contribution in [1.29, 1.82) is 0 Å². The van der Waals surface area contributed by atoms with Gasteiger partial charge >= 0.3 is 0 Å². The average molecular weight is 499 g/mol. The number of hydrogen-bond acceptors (Lipinski definition) is 7. The summed E-state index contributed by atoms with van der Waals surface area (Å²) < 4.78 is 13.6. The Hall–Kier alpha value is -3.40. The second-order valence-corrected chi connectivity index (χ2v) is 8.10. The molecule has 166 valence electrons. The molecule has 0 fully saturated rings. The first-order valence-electron chi connectivity index (χ1n) is 10.1. The van der Waals surface area contributed by atoms with Crippen LogP contribution in [0.4, 0.5) is 11.6 Å². The highest BCUT2D eigenvalue weighted by Crippen LogP contribution is 2.42. The van der Waals surface area contributed by atoms with Gasteiger partial charge in [0, 0.05) is 11.4 Å². The molecule has 1 aromatic heterocycles. The van der Waals surface area contributed by atoms with Crippen LogP contribution in [0.15, 0.2) is 52.1 Å². The molecule has 0 radical (unpaired) electrons. The normalized spacial score (nSPS) is 15.1. The number of halogens is 1. The van der Waals surface area contributed by atoms with Crippen LogP contribution >= 0.6 is 15.9 Å². The summed E-state index contributed by atoms with van der Waals surface area (Å²) >= 11 is 3.57. The van der Waals surface area contributed by atoms with Crippen molar-refractivity contribution in [3.8, 4) is 11.5 Å². The van der Waals surface area contributed by atoms with Crippen molar-refractivity contribution in [2.75, 3.05) is 24.4 Å². The van der Waals surface area contributed by atoms with Gasteiger partial charge in [-0.05, 0) is 76.5 Å². The number of hydrogen-bond donors (Lipinski definition) is 2. The first-order chi connectivity index (χ1) is 15.4. The molecule has 2 aromatic carbocycles. The van der Waals surface area contributed by atoms with Gasteiger partial charge in [0.1, 0.15) is 6.04 Å². The summed E-state index contributed by atoms with van der Waals surface area (Å²) in [6.07, 6.45) is 0. The largest absolute Gasteiger partial charge is 0.493 e. The maximum absolute atomic E-state index is 13.5. The van der Waals surface area contributed by atoms with Gasteiger partial charge < -0.3 is 20.1 Å². The van der Waals surface area contributed by atoms with Gasteiger partial charge in [-0.15, -0.1) is 0 Å². The number of nitrogens with zero attached hydrogens (tertiary/aromatic N) is 4. The minimum Gasteiger partial charge on any atom is -0.493 e. The highest BCUT2D eigenvalue weighted by Gasteiger charge is 2.35. The lowest BCUT2D eigenvalue weighted by atomic mass is 9.94. The van der Waals surface area contributed by atoms with E-state index in [4.69, 9.17) is 9.47 Å². The van der Waals surface area contributed by atoms with Crippen LogP contribution in [0.2, 0.25) is 0 Å². The van der Waals surface area contributed by atoms with Crippen LogP contribution in [-0.2, 0) is 4.79 Å². The van der Waals surface area contributed by atoms with Crippen molar-refractivity contribution in [3.63, 3.8) is 0 Å². The molecule has 1 unspecified atom stereocenters. The first kappa shape index (κ1) is 21.8. The van der Waals surface area contributed by atoms with Crippen LogP contribution in [0.1, 0.15) is 31.0 Å². The van der Waals surface area contributed by atoms with E-state index in [9.17, 15) is 4.79 Å². The number of carbonyl (C=O) groups is 1. The van der Waals surface area contributed by atoms with Gasteiger partial charge in [-0.1, -0.05) is 23.3 Å². The number of allylic oxidation sites excluding steroid dienone is 1. The fourth-order valence-corrected chi connectivity index (χ4v) is 4.27. The van der Waals surface area contributed by atoms with Crippen LogP contribution in [0, 0.1) is 6.92 Å². The number of aromatic nitrogens is 4. The van der Waals surface area contributed by atoms with E-state index in [1.807, 2.05) is 57.2 Å². The molecule has 2 N–H and O–H groups in total. The van der Waals surface area contributed by atoms with Gasteiger partial charge in [-0.3, -0.25) is 4.79 Å². The molecule has 0 spiro atoms. The summed E-state index contributed by atoms with van der Waals surface area (Å²) in [5.41, 5.74) is 3.62. The number of ether oxygens (including phenoxy) is 2. The fraction of sp³-hybridized carbons (Fsp3) is 0.273. The number of amides is 1. The van der Waals surface area contributed by atoms with Crippen molar-refractivity contribution < 1.29 is 14.3 Å². The molecule has 1 atom stereocenters. The Morgan fingerprint density at radius 1 is 1.28 bits per heavy atom. The number of para-hydroxylation sites is 1. The van der Waals surface area contributed by atoms with Gasteiger partial charge in [0.25, 0.3) is 5.91 Å². The maximum Gasteiger partial charge on any atom is 0.255 e. The molecule has 9 nitrogen and oxygen atoms in total. The van der Waals surface area contributed by atoms with Crippen LogP contribution in [-0.4, -0.2) is 39.8 Å². The van der Waals surface area contributed by atoms with Crippen molar-refractivity contribution in [1.82, 2.24) is 20.2 Å². The lowest BCUT2D eigenvalue weighted by molar-refractivity contribution is -0.113. The molecule has 0 aliphatic carbocycles. The third-order valence-electron chi connectivity index (χ3n) is 5.21. The third kappa shape index (κ3) is 3.93. The smallest absolute Gasteiger partial charge is 0.255 e. The number of fused-ring (bicyclic) bond motifs is 1. The second kappa shape index (κ2) is 8.99. The summed E-state index contributed by atoms with van der Waals surface area (Å²) in [4.78, 5) is 13.5. The van der Waals surface area contributed by atoms with Crippen molar-refractivity contribution in [3.05, 3.63) is 63.3 Å². The van der Waals surface area contributed by atoms with E-state index in [0.717, 1.165) is 16.8 Å². The molecule has 1 amide bonds. The first-order valence-corrected chi connectivity index (χ1v) is 10.9. The van der Waals surface area contributed by atoms with Gasteiger partial charge in [-0.25, -0.2) is 0 Å². The molecule has 4 rings (SSSR count). The zero-order chi connectivity index (χ0) is 22.8. The molecule has 32 heavy (non-hydrogen) atoms. The van der Waals surface area contributed by atoms with Crippen LogP contribution in [0.5, 0.6) is 11.5 Å². The predicted molar refractivity (Wildman–Crippen MR) is 124 cm³/mol. The Kier molecular flexibility index (Phi) is 6.13. The Morgan fingerprint density at radius 3 is 2.78 bits per heavy atom. The highest BCUT2D eigenvalue weighted by molar-refractivity contribution is 9.10. The van der Waals surface area contributed by atoms with E-state index in [-0.39, 0.29) is 5.91 Å². The minimum atomic E-state index is -0.578. The number of nitrogens with one attached hydrogen (secondary N) is 2. The van der Waals surface area contributed by atoms with Crippen LogP contribution in [0.25, 0.3) is 0 Å². The predicted octanol–water partition coefficient (Wildman–Crippen LogP) is 4.08. The summed E-state index contributed by atoms with van der Waals surface area (Å²) in [6, 6.07) is 10.8. The number of methoxy groups -OCH3 is 1.